The Labute approximate surface area is 125 Å². The molecule has 0 atom stereocenters. The van der Waals surface area contributed by atoms with Crippen LogP contribution in [0.2, 0.25) is 0 Å². The lowest BCUT2D eigenvalue weighted by molar-refractivity contribution is -0.144. The molecule has 0 spiro atoms. The fourth-order valence-electron chi connectivity index (χ4n) is 2.62. The van der Waals surface area contributed by atoms with Gasteiger partial charge in [-0.15, -0.1) is 6.58 Å². The molecule has 0 aliphatic heterocycles. The lowest BCUT2D eigenvalue weighted by atomic mass is 9.77. The summed E-state index contributed by atoms with van der Waals surface area (Å²) in [5, 5.41) is 9.06. The molecule has 0 unspecified atom stereocenters. The molecular formula is C17H22O4. The zero-order valence-corrected chi connectivity index (χ0v) is 12.4. The SMILES string of the molecule is C=CCc1cc(OCC)ccc1OC1(CC(=O)O)CCC1. The molecule has 1 aromatic rings. The second-order valence-electron chi connectivity index (χ2n) is 5.40. The molecule has 4 heteroatoms. The highest BCUT2D eigenvalue weighted by molar-refractivity contribution is 5.68. The monoisotopic (exact) mass is 290 g/mol. The molecule has 0 radical (unpaired) electrons. The van der Waals surface area contributed by atoms with Crippen LogP contribution in [0.4, 0.5) is 0 Å². The van der Waals surface area contributed by atoms with Gasteiger partial charge in [-0.05, 0) is 50.8 Å². The standard InChI is InChI=1S/C17H22O4/c1-3-6-13-11-14(20-4-2)7-8-15(13)21-17(9-5-10-17)12-16(18)19/h3,7-8,11H,1,4-6,9-10,12H2,2H3,(H,18,19). The van der Waals surface area contributed by atoms with Crippen LogP contribution in [0.3, 0.4) is 0 Å². The van der Waals surface area contributed by atoms with Crippen molar-refractivity contribution in [3.8, 4) is 11.5 Å². The molecule has 0 aromatic heterocycles. The second-order valence-corrected chi connectivity index (χ2v) is 5.40. The highest BCUT2D eigenvalue weighted by Gasteiger charge is 2.41. The third-order valence-electron chi connectivity index (χ3n) is 3.77. The van der Waals surface area contributed by atoms with Gasteiger partial charge in [-0.3, -0.25) is 4.79 Å². The van der Waals surface area contributed by atoms with Crippen LogP contribution in [-0.2, 0) is 11.2 Å². The van der Waals surface area contributed by atoms with E-state index in [0.29, 0.717) is 13.0 Å². The summed E-state index contributed by atoms with van der Waals surface area (Å²) in [4.78, 5) is 11.0. The van der Waals surface area contributed by atoms with E-state index in [4.69, 9.17) is 14.6 Å². The smallest absolute Gasteiger partial charge is 0.307 e. The van der Waals surface area contributed by atoms with Crippen LogP contribution < -0.4 is 9.47 Å². The number of allylic oxidation sites excluding steroid dienone is 1. The van der Waals surface area contributed by atoms with Gasteiger partial charge in [0.05, 0.1) is 13.0 Å². The Morgan fingerprint density at radius 1 is 1.48 bits per heavy atom. The van der Waals surface area contributed by atoms with Crippen LogP contribution in [0.1, 0.15) is 38.2 Å². The van der Waals surface area contributed by atoms with Crippen molar-refractivity contribution in [2.24, 2.45) is 0 Å². The molecule has 1 fully saturated rings. The summed E-state index contributed by atoms with van der Waals surface area (Å²) in [6, 6.07) is 5.66. The average molecular weight is 290 g/mol. The molecule has 21 heavy (non-hydrogen) atoms. The minimum atomic E-state index is -0.814. The third-order valence-corrected chi connectivity index (χ3v) is 3.77. The van der Waals surface area contributed by atoms with Crippen LogP contribution in [0, 0.1) is 0 Å². The van der Waals surface area contributed by atoms with E-state index in [-0.39, 0.29) is 6.42 Å². The van der Waals surface area contributed by atoms with Crippen LogP contribution in [-0.4, -0.2) is 23.3 Å². The molecule has 0 saturated heterocycles. The number of benzene rings is 1. The highest BCUT2D eigenvalue weighted by atomic mass is 16.5. The summed E-state index contributed by atoms with van der Waals surface area (Å²) in [6.07, 6.45) is 5.12. The largest absolute Gasteiger partial charge is 0.494 e. The van der Waals surface area contributed by atoms with Crippen LogP contribution >= 0.6 is 0 Å². The van der Waals surface area contributed by atoms with Crippen molar-refractivity contribution < 1.29 is 19.4 Å². The van der Waals surface area contributed by atoms with Crippen molar-refractivity contribution in [1.29, 1.82) is 0 Å². The van der Waals surface area contributed by atoms with Crippen molar-refractivity contribution in [2.75, 3.05) is 6.61 Å². The summed E-state index contributed by atoms with van der Waals surface area (Å²) in [5.41, 5.74) is 0.433. The molecule has 1 aliphatic carbocycles. The zero-order chi connectivity index (χ0) is 15.3. The van der Waals surface area contributed by atoms with Gasteiger partial charge in [0, 0.05) is 5.56 Å². The van der Waals surface area contributed by atoms with E-state index in [0.717, 1.165) is 36.3 Å². The normalized spacial score (nSPS) is 15.9. The van der Waals surface area contributed by atoms with Gasteiger partial charge in [0.15, 0.2) is 0 Å². The summed E-state index contributed by atoms with van der Waals surface area (Å²) in [7, 11) is 0. The third kappa shape index (κ3) is 3.78. The van der Waals surface area contributed by atoms with Gasteiger partial charge in [0.1, 0.15) is 17.1 Å². The average Bonchev–Trinajstić information content (AvgIpc) is 2.39. The maximum atomic E-state index is 11.0. The Kier molecular flexibility index (Phi) is 4.89. The molecule has 4 nitrogen and oxygen atoms in total. The number of ether oxygens (including phenoxy) is 2. The number of carbonyl (C=O) groups is 1. The molecule has 1 aromatic carbocycles. The summed E-state index contributed by atoms with van der Waals surface area (Å²) >= 11 is 0. The first kappa shape index (κ1) is 15.4. The van der Waals surface area contributed by atoms with E-state index >= 15 is 0 Å². The fraction of sp³-hybridized carbons (Fsp3) is 0.471. The molecule has 2 rings (SSSR count). The number of hydrogen-bond acceptors (Lipinski definition) is 3. The lowest BCUT2D eigenvalue weighted by Crippen LogP contribution is -2.45. The van der Waals surface area contributed by atoms with E-state index < -0.39 is 11.6 Å². The lowest BCUT2D eigenvalue weighted by Gasteiger charge is -2.41. The first-order chi connectivity index (χ1) is 10.1. The molecule has 0 bridgehead atoms. The summed E-state index contributed by atoms with van der Waals surface area (Å²) in [5.74, 6) is 0.716. The Hall–Kier alpha value is -1.97. The number of carboxylic acid groups (broad SMARTS) is 1. The van der Waals surface area contributed by atoms with E-state index in [1.54, 1.807) is 0 Å². The van der Waals surface area contributed by atoms with Crippen molar-refractivity contribution in [2.45, 2.75) is 44.6 Å². The molecule has 1 N–H and O–H groups in total. The zero-order valence-electron chi connectivity index (χ0n) is 12.4. The topological polar surface area (TPSA) is 55.8 Å². The fourth-order valence-corrected chi connectivity index (χ4v) is 2.62. The van der Waals surface area contributed by atoms with Gasteiger partial charge in [0.25, 0.3) is 0 Å². The minimum absolute atomic E-state index is 0.0493. The Balaban J connectivity index is 2.21. The Bertz CT molecular complexity index is 518. The second kappa shape index (κ2) is 6.66. The van der Waals surface area contributed by atoms with Crippen LogP contribution in [0.5, 0.6) is 11.5 Å². The van der Waals surface area contributed by atoms with E-state index in [2.05, 4.69) is 6.58 Å². The van der Waals surface area contributed by atoms with Gasteiger partial charge in [0.2, 0.25) is 0 Å². The number of aliphatic carboxylic acids is 1. The quantitative estimate of drug-likeness (QED) is 0.743. The summed E-state index contributed by atoms with van der Waals surface area (Å²) in [6.45, 7) is 6.31. The molecular weight excluding hydrogens is 268 g/mol. The first-order valence-corrected chi connectivity index (χ1v) is 7.36. The van der Waals surface area contributed by atoms with Crippen LogP contribution in [0.25, 0.3) is 0 Å². The maximum Gasteiger partial charge on any atom is 0.307 e. The molecule has 1 saturated carbocycles. The predicted octanol–water partition coefficient (Wildman–Crippen LogP) is 3.59. The molecule has 1 aliphatic rings. The van der Waals surface area contributed by atoms with Gasteiger partial charge in [-0.1, -0.05) is 6.08 Å². The minimum Gasteiger partial charge on any atom is -0.494 e. The van der Waals surface area contributed by atoms with Gasteiger partial charge >= 0.3 is 5.97 Å². The number of rotatable bonds is 8. The molecule has 0 amide bonds. The highest BCUT2D eigenvalue weighted by Crippen LogP contribution is 2.41. The predicted molar refractivity (Wildman–Crippen MR) is 81.0 cm³/mol. The van der Waals surface area contributed by atoms with Crippen molar-refractivity contribution in [1.82, 2.24) is 0 Å². The van der Waals surface area contributed by atoms with Crippen molar-refractivity contribution in [3.05, 3.63) is 36.4 Å². The van der Waals surface area contributed by atoms with Crippen molar-refractivity contribution >= 4 is 5.97 Å². The Morgan fingerprint density at radius 3 is 2.76 bits per heavy atom. The van der Waals surface area contributed by atoms with Gasteiger partial charge in [-0.25, -0.2) is 0 Å². The molecule has 114 valence electrons. The van der Waals surface area contributed by atoms with Gasteiger partial charge < -0.3 is 14.6 Å². The van der Waals surface area contributed by atoms with E-state index in [9.17, 15) is 4.79 Å². The maximum absolute atomic E-state index is 11.0. The summed E-state index contributed by atoms with van der Waals surface area (Å²) < 4.78 is 11.6. The first-order valence-electron chi connectivity index (χ1n) is 7.36. The number of hydrogen-bond donors (Lipinski definition) is 1. The van der Waals surface area contributed by atoms with Crippen LogP contribution in [0.15, 0.2) is 30.9 Å². The Morgan fingerprint density at radius 2 is 2.24 bits per heavy atom. The van der Waals surface area contributed by atoms with Gasteiger partial charge in [-0.2, -0.15) is 0 Å². The van der Waals surface area contributed by atoms with Crippen molar-refractivity contribution in [3.63, 3.8) is 0 Å². The molecule has 0 heterocycles. The van der Waals surface area contributed by atoms with E-state index in [1.807, 2.05) is 31.2 Å². The van der Waals surface area contributed by atoms with E-state index in [1.165, 1.54) is 0 Å². The number of carboxylic acids is 1.